The van der Waals surface area contributed by atoms with Crippen LogP contribution in [0.1, 0.15) is 40.5 Å². The van der Waals surface area contributed by atoms with Gasteiger partial charge in [-0.05, 0) is 47.9 Å². The lowest BCUT2D eigenvalue weighted by Crippen LogP contribution is -2.09. The van der Waals surface area contributed by atoms with Crippen LogP contribution in [0, 0.1) is 6.92 Å². The van der Waals surface area contributed by atoms with E-state index < -0.39 is 6.10 Å². The van der Waals surface area contributed by atoms with E-state index in [-0.39, 0.29) is 5.91 Å². The second kappa shape index (κ2) is 5.79. The Bertz CT molecular complexity index is 696. The van der Waals surface area contributed by atoms with Gasteiger partial charge in [0.25, 0.3) is 0 Å². The molecule has 0 saturated carbocycles. The molecule has 1 unspecified atom stereocenters. The number of nitrogens with one attached hydrogen (secondary N) is 1. The first kappa shape index (κ1) is 14.6. The van der Waals surface area contributed by atoms with Crippen LogP contribution in [0.25, 0.3) is 0 Å². The van der Waals surface area contributed by atoms with Crippen molar-refractivity contribution in [2.75, 3.05) is 5.32 Å². The molecule has 110 valence electrons. The van der Waals surface area contributed by atoms with Crippen molar-refractivity contribution in [3.05, 3.63) is 50.2 Å². The quantitative estimate of drug-likeness (QED) is 0.876. The molecule has 1 amide bonds. The van der Waals surface area contributed by atoms with Gasteiger partial charge in [0.05, 0.1) is 9.90 Å². The molecule has 2 heterocycles. The number of carbonyl (C=O) groups excluding carboxylic acids is 1. The molecule has 3 nitrogen and oxygen atoms in total. The SMILES string of the molecule is Cc1csc(C(O)c2ccc3c(c2)CCCC(=O)N3)c1Cl. The van der Waals surface area contributed by atoms with Gasteiger partial charge < -0.3 is 10.4 Å². The van der Waals surface area contributed by atoms with E-state index in [0.717, 1.165) is 40.1 Å². The summed E-state index contributed by atoms with van der Waals surface area (Å²) in [5.74, 6) is 0.0546. The summed E-state index contributed by atoms with van der Waals surface area (Å²) in [6.07, 6.45) is 1.49. The fraction of sp³-hybridized carbons (Fsp3) is 0.312. The number of aliphatic hydroxyl groups excluding tert-OH is 1. The van der Waals surface area contributed by atoms with E-state index in [1.165, 1.54) is 11.3 Å². The van der Waals surface area contributed by atoms with Crippen LogP contribution in [-0.2, 0) is 11.2 Å². The zero-order valence-corrected chi connectivity index (χ0v) is 13.2. The van der Waals surface area contributed by atoms with Gasteiger partial charge in [0.2, 0.25) is 5.91 Å². The van der Waals surface area contributed by atoms with E-state index >= 15 is 0 Å². The number of carbonyl (C=O) groups is 1. The highest BCUT2D eigenvalue weighted by Crippen LogP contribution is 2.37. The van der Waals surface area contributed by atoms with Gasteiger partial charge in [0, 0.05) is 12.1 Å². The Balaban J connectivity index is 1.95. The van der Waals surface area contributed by atoms with Gasteiger partial charge in [-0.15, -0.1) is 11.3 Å². The highest BCUT2D eigenvalue weighted by Gasteiger charge is 2.20. The van der Waals surface area contributed by atoms with Crippen molar-refractivity contribution in [1.29, 1.82) is 0 Å². The molecule has 0 fully saturated rings. The molecule has 1 aliphatic heterocycles. The number of anilines is 1. The van der Waals surface area contributed by atoms with Gasteiger partial charge in [-0.3, -0.25) is 4.79 Å². The average molecular weight is 322 g/mol. The van der Waals surface area contributed by atoms with Gasteiger partial charge in [-0.25, -0.2) is 0 Å². The third-order valence-electron chi connectivity index (χ3n) is 3.74. The van der Waals surface area contributed by atoms with Gasteiger partial charge in [0.1, 0.15) is 6.10 Å². The monoisotopic (exact) mass is 321 g/mol. The van der Waals surface area contributed by atoms with E-state index in [0.29, 0.717) is 11.4 Å². The first-order valence-corrected chi connectivity index (χ1v) is 8.16. The number of hydrogen-bond donors (Lipinski definition) is 2. The third-order valence-corrected chi connectivity index (χ3v) is 5.51. The summed E-state index contributed by atoms with van der Waals surface area (Å²) < 4.78 is 0. The molecule has 3 rings (SSSR count). The van der Waals surface area contributed by atoms with Crippen LogP contribution in [0.2, 0.25) is 5.02 Å². The maximum atomic E-state index is 11.6. The molecule has 0 radical (unpaired) electrons. The van der Waals surface area contributed by atoms with Crippen molar-refractivity contribution in [3.8, 4) is 0 Å². The molecule has 1 atom stereocenters. The lowest BCUT2D eigenvalue weighted by atomic mass is 10.0. The predicted octanol–water partition coefficient (Wildman–Crippen LogP) is 4.07. The van der Waals surface area contributed by atoms with E-state index in [2.05, 4.69) is 5.32 Å². The summed E-state index contributed by atoms with van der Waals surface area (Å²) >= 11 is 7.70. The molecule has 5 heteroatoms. The molecule has 1 aromatic heterocycles. The van der Waals surface area contributed by atoms with Crippen molar-refractivity contribution in [3.63, 3.8) is 0 Å². The summed E-state index contributed by atoms with van der Waals surface area (Å²) in [5, 5.41) is 16.0. The van der Waals surface area contributed by atoms with Crippen LogP contribution < -0.4 is 5.32 Å². The zero-order valence-electron chi connectivity index (χ0n) is 11.6. The standard InChI is InChI=1S/C16H16ClNO2S/c1-9-8-21-16(14(9)17)15(20)11-5-6-12-10(7-11)3-2-4-13(19)18-12/h5-8,15,20H,2-4H2,1H3,(H,18,19). The summed E-state index contributed by atoms with van der Waals surface area (Å²) in [6, 6.07) is 5.68. The number of halogens is 1. The smallest absolute Gasteiger partial charge is 0.224 e. The minimum absolute atomic E-state index is 0.0546. The molecule has 0 saturated heterocycles. The number of amides is 1. The molecule has 2 aromatic rings. The molecular formula is C16H16ClNO2S. The number of aliphatic hydroxyl groups is 1. The van der Waals surface area contributed by atoms with Gasteiger partial charge in [-0.2, -0.15) is 0 Å². The van der Waals surface area contributed by atoms with Gasteiger partial charge >= 0.3 is 0 Å². The third kappa shape index (κ3) is 2.84. The number of rotatable bonds is 2. The Labute approximate surface area is 132 Å². The summed E-state index contributed by atoms with van der Waals surface area (Å²) in [7, 11) is 0. The Morgan fingerprint density at radius 2 is 2.19 bits per heavy atom. The summed E-state index contributed by atoms with van der Waals surface area (Å²) in [5.41, 5.74) is 3.72. The topological polar surface area (TPSA) is 49.3 Å². The fourth-order valence-corrected chi connectivity index (χ4v) is 3.86. The summed E-state index contributed by atoms with van der Waals surface area (Å²) in [6.45, 7) is 1.93. The number of fused-ring (bicyclic) bond motifs is 1. The Morgan fingerprint density at radius 1 is 1.38 bits per heavy atom. The average Bonchev–Trinajstić information content (AvgIpc) is 2.69. The van der Waals surface area contributed by atoms with E-state index in [9.17, 15) is 9.90 Å². The fourth-order valence-electron chi connectivity index (χ4n) is 2.55. The van der Waals surface area contributed by atoms with Crippen molar-refractivity contribution in [2.24, 2.45) is 0 Å². The molecule has 0 spiro atoms. The van der Waals surface area contributed by atoms with E-state index in [4.69, 9.17) is 11.6 Å². The highest BCUT2D eigenvalue weighted by atomic mass is 35.5. The molecule has 0 bridgehead atoms. The minimum Gasteiger partial charge on any atom is -0.383 e. The van der Waals surface area contributed by atoms with Crippen molar-refractivity contribution in [2.45, 2.75) is 32.3 Å². The van der Waals surface area contributed by atoms with Crippen LogP contribution in [0.4, 0.5) is 5.69 Å². The predicted molar refractivity (Wildman–Crippen MR) is 86.1 cm³/mol. The second-order valence-corrected chi connectivity index (χ2v) is 6.61. The number of thiophene rings is 1. The van der Waals surface area contributed by atoms with Crippen LogP contribution >= 0.6 is 22.9 Å². The molecular weight excluding hydrogens is 306 g/mol. The van der Waals surface area contributed by atoms with Crippen LogP contribution in [-0.4, -0.2) is 11.0 Å². The zero-order chi connectivity index (χ0) is 15.0. The molecule has 1 aliphatic rings. The Kier molecular flexibility index (Phi) is 4.02. The van der Waals surface area contributed by atoms with Crippen LogP contribution in [0.5, 0.6) is 0 Å². The van der Waals surface area contributed by atoms with E-state index in [1.54, 1.807) is 0 Å². The van der Waals surface area contributed by atoms with E-state index in [1.807, 2.05) is 30.5 Å². The number of aryl methyl sites for hydroxylation is 2. The lowest BCUT2D eigenvalue weighted by Gasteiger charge is -2.14. The molecule has 21 heavy (non-hydrogen) atoms. The van der Waals surface area contributed by atoms with Crippen molar-refractivity contribution < 1.29 is 9.90 Å². The number of hydrogen-bond acceptors (Lipinski definition) is 3. The Hall–Kier alpha value is -1.36. The first-order valence-electron chi connectivity index (χ1n) is 6.90. The largest absolute Gasteiger partial charge is 0.383 e. The molecule has 2 N–H and O–H groups in total. The Morgan fingerprint density at radius 3 is 2.90 bits per heavy atom. The molecule has 1 aromatic carbocycles. The lowest BCUT2D eigenvalue weighted by molar-refractivity contribution is -0.116. The summed E-state index contributed by atoms with van der Waals surface area (Å²) in [4.78, 5) is 12.3. The van der Waals surface area contributed by atoms with Crippen LogP contribution in [0.3, 0.4) is 0 Å². The van der Waals surface area contributed by atoms with Crippen molar-refractivity contribution >= 4 is 34.5 Å². The molecule has 0 aliphatic carbocycles. The van der Waals surface area contributed by atoms with Crippen molar-refractivity contribution in [1.82, 2.24) is 0 Å². The maximum absolute atomic E-state index is 11.6. The maximum Gasteiger partial charge on any atom is 0.224 e. The minimum atomic E-state index is -0.722. The first-order chi connectivity index (χ1) is 10.1. The number of benzene rings is 1. The normalized spacial score (nSPS) is 16.0. The van der Waals surface area contributed by atoms with Gasteiger partial charge in [-0.1, -0.05) is 23.7 Å². The van der Waals surface area contributed by atoms with Crippen LogP contribution in [0.15, 0.2) is 23.6 Å². The second-order valence-electron chi connectivity index (χ2n) is 5.32. The van der Waals surface area contributed by atoms with Gasteiger partial charge in [0.15, 0.2) is 0 Å². The highest BCUT2D eigenvalue weighted by molar-refractivity contribution is 7.10.